The Morgan fingerprint density at radius 1 is 0.939 bits per heavy atom. The predicted molar refractivity (Wildman–Crippen MR) is 132 cm³/mol. The van der Waals surface area contributed by atoms with E-state index in [1.165, 1.54) is 30.3 Å². The molecule has 3 aromatic carbocycles. The molecule has 2 atom stereocenters. The summed E-state index contributed by atoms with van der Waals surface area (Å²) < 4.78 is 12.1. The Labute approximate surface area is 214 Å². The van der Waals surface area contributed by atoms with Gasteiger partial charge in [-0.15, -0.1) is 23.2 Å². The van der Waals surface area contributed by atoms with Gasteiger partial charge in [-0.25, -0.2) is 4.39 Å². The van der Waals surface area contributed by atoms with Gasteiger partial charge in [0, 0.05) is 12.3 Å². The van der Waals surface area contributed by atoms with Gasteiger partial charge in [0.1, 0.15) is 10.2 Å². The van der Waals surface area contributed by atoms with Gasteiger partial charge in [0.15, 0.2) is 5.78 Å². The minimum Gasteiger partial charge on any atom is -0.324 e. The predicted octanol–water partition coefficient (Wildman–Crippen LogP) is 7.74. The molecular weight excluding hydrogens is 531 g/mol. The van der Waals surface area contributed by atoms with Gasteiger partial charge in [0.05, 0.1) is 32.2 Å². The average Bonchev–Trinajstić information content (AvgIpc) is 3.35. The highest BCUT2D eigenvalue weighted by Crippen LogP contribution is 2.65. The van der Waals surface area contributed by atoms with Crippen molar-refractivity contribution in [3.05, 3.63) is 98.2 Å². The van der Waals surface area contributed by atoms with Crippen molar-refractivity contribution in [1.82, 2.24) is 0 Å². The number of amides is 1. The van der Waals surface area contributed by atoms with Crippen molar-refractivity contribution in [2.45, 2.75) is 16.7 Å². The third-order valence-corrected chi connectivity index (χ3v) is 7.41. The zero-order valence-electron chi connectivity index (χ0n) is 16.7. The van der Waals surface area contributed by atoms with Gasteiger partial charge in [0.25, 0.3) is 0 Å². The fourth-order valence-corrected chi connectivity index (χ4v) is 5.40. The maximum atomic E-state index is 13.5. The molecule has 0 aliphatic heterocycles. The number of ketones is 1. The van der Waals surface area contributed by atoms with E-state index in [1.54, 1.807) is 0 Å². The summed E-state index contributed by atoms with van der Waals surface area (Å²) in [6.07, 6.45) is 0.0974. The number of benzene rings is 3. The van der Waals surface area contributed by atoms with Gasteiger partial charge in [0.2, 0.25) is 5.91 Å². The molecule has 1 N–H and O–H groups in total. The van der Waals surface area contributed by atoms with E-state index in [1.807, 2.05) is 30.3 Å². The summed E-state index contributed by atoms with van der Waals surface area (Å²) >= 11 is 31.3. The Balaban J connectivity index is 1.55. The smallest absolute Gasteiger partial charge is 0.231 e. The second-order valence-electron chi connectivity index (χ2n) is 7.66. The Kier molecular flexibility index (Phi) is 6.95. The molecule has 1 saturated carbocycles. The van der Waals surface area contributed by atoms with Crippen LogP contribution in [0.5, 0.6) is 0 Å². The van der Waals surface area contributed by atoms with E-state index in [4.69, 9.17) is 58.0 Å². The molecule has 1 aliphatic rings. The number of nitrogens with one attached hydrogen (secondary N) is 1. The minimum atomic E-state index is -1.41. The molecule has 170 valence electrons. The molecule has 4 rings (SSSR count). The standard InChI is InChI=1S/C24H15Cl5FNO2/c25-14-7-9-17(22(27)19(14)18(32)10-12-4-2-1-3-5-12)31-23(33)21-20(24(21,28)29)13-6-8-16(30)15(26)11-13/h1-9,11,20-21H,10H2,(H,31,33). The van der Waals surface area contributed by atoms with E-state index in [9.17, 15) is 14.0 Å². The lowest BCUT2D eigenvalue weighted by Gasteiger charge is -2.12. The molecule has 1 fully saturated rings. The molecule has 3 aromatic rings. The Morgan fingerprint density at radius 2 is 1.64 bits per heavy atom. The molecular formula is C24H15Cl5FNO2. The maximum Gasteiger partial charge on any atom is 0.231 e. The number of carbonyl (C=O) groups excluding carboxylic acids is 2. The molecule has 0 bridgehead atoms. The second-order valence-corrected chi connectivity index (χ2v) is 10.3. The number of hydrogen-bond acceptors (Lipinski definition) is 2. The van der Waals surface area contributed by atoms with Gasteiger partial charge in [-0.1, -0.05) is 71.2 Å². The van der Waals surface area contributed by atoms with Crippen LogP contribution in [-0.2, 0) is 11.2 Å². The normalized spacial score (nSPS) is 18.6. The number of hydrogen-bond donors (Lipinski definition) is 1. The van der Waals surface area contributed by atoms with Gasteiger partial charge >= 0.3 is 0 Å². The topological polar surface area (TPSA) is 46.2 Å². The van der Waals surface area contributed by atoms with Crippen LogP contribution >= 0.6 is 58.0 Å². The largest absolute Gasteiger partial charge is 0.324 e. The average molecular weight is 546 g/mol. The van der Waals surface area contributed by atoms with Crippen molar-refractivity contribution in [3.8, 4) is 0 Å². The van der Waals surface area contributed by atoms with E-state index >= 15 is 0 Å². The molecule has 0 radical (unpaired) electrons. The van der Waals surface area contributed by atoms with Crippen molar-refractivity contribution in [1.29, 1.82) is 0 Å². The van der Waals surface area contributed by atoms with Crippen LogP contribution in [0.4, 0.5) is 10.1 Å². The number of carbonyl (C=O) groups is 2. The highest BCUT2D eigenvalue weighted by molar-refractivity contribution is 6.53. The molecule has 0 aromatic heterocycles. The van der Waals surface area contributed by atoms with Gasteiger partial charge in [-0.3, -0.25) is 9.59 Å². The first-order chi connectivity index (χ1) is 15.6. The van der Waals surface area contributed by atoms with Crippen molar-refractivity contribution >= 4 is 75.4 Å². The third-order valence-electron chi connectivity index (χ3n) is 5.47. The van der Waals surface area contributed by atoms with Crippen molar-refractivity contribution in [2.24, 2.45) is 5.92 Å². The molecule has 3 nitrogen and oxygen atoms in total. The van der Waals surface area contributed by atoms with Crippen molar-refractivity contribution < 1.29 is 14.0 Å². The second kappa shape index (κ2) is 9.44. The molecule has 33 heavy (non-hydrogen) atoms. The fraction of sp³-hybridized carbons (Fsp3) is 0.167. The lowest BCUT2D eigenvalue weighted by Crippen LogP contribution is -2.18. The number of rotatable bonds is 6. The Bertz CT molecular complexity index is 1250. The molecule has 0 spiro atoms. The number of anilines is 1. The van der Waals surface area contributed by atoms with Crippen LogP contribution in [-0.4, -0.2) is 16.0 Å². The summed E-state index contributed by atoms with van der Waals surface area (Å²) in [6, 6.07) is 16.2. The summed E-state index contributed by atoms with van der Waals surface area (Å²) in [5, 5.41) is 2.79. The fourth-order valence-electron chi connectivity index (χ4n) is 3.76. The van der Waals surface area contributed by atoms with Crippen LogP contribution in [0.15, 0.2) is 60.7 Å². The maximum absolute atomic E-state index is 13.5. The molecule has 0 heterocycles. The first kappa shape index (κ1) is 24.3. The van der Waals surface area contributed by atoms with Gasteiger partial charge in [-0.2, -0.15) is 0 Å². The SMILES string of the molecule is O=C(Cc1ccccc1)c1c(Cl)ccc(NC(=O)C2C(c3ccc(F)c(Cl)c3)C2(Cl)Cl)c1Cl. The Morgan fingerprint density at radius 3 is 2.30 bits per heavy atom. The quantitative estimate of drug-likeness (QED) is 0.254. The Hall–Kier alpha value is -1.82. The lowest BCUT2D eigenvalue weighted by molar-refractivity contribution is -0.117. The first-order valence-electron chi connectivity index (χ1n) is 9.80. The van der Waals surface area contributed by atoms with Gasteiger partial charge < -0.3 is 5.32 Å². The van der Waals surface area contributed by atoms with E-state index in [0.29, 0.717) is 5.56 Å². The highest BCUT2D eigenvalue weighted by Gasteiger charge is 2.67. The lowest BCUT2D eigenvalue weighted by atomic mass is 10.0. The summed E-state index contributed by atoms with van der Waals surface area (Å²) in [7, 11) is 0. The van der Waals surface area contributed by atoms with Crippen LogP contribution in [0, 0.1) is 11.7 Å². The highest BCUT2D eigenvalue weighted by atomic mass is 35.5. The molecule has 1 amide bonds. The van der Waals surface area contributed by atoms with E-state index in [-0.39, 0.29) is 38.5 Å². The number of Topliss-reactive ketones (excluding diaryl/α,β-unsaturated/α-hetero) is 1. The molecule has 0 saturated heterocycles. The monoisotopic (exact) mass is 543 g/mol. The van der Waals surface area contributed by atoms with E-state index in [0.717, 1.165) is 5.56 Å². The summed E-state index contributed by atoms with van der Waals surface area (Å²) in [5.41, 5.74) is 1.65. The molecule has 9 heteroatoms. The first-order valence-corrected chi connectivity index (χ1v) is 11.7. The van der Waals surface area contributed by atoms with Crippen LogP contribution in [0.2, 0.25) is 15.1 Å². The number of halogens is 6. The summed E-state index contributed by atoms with van der Waals surface area (Å²) in [6.45, 7) is 0. The summed E-state index contributed by atoms with van der Waals surface area (Å²) in [5.74, 6) is -2.81. The zero-order chi connectivity index (χ0) is 23.9. The minimum absolute atomic E-state index is 0.0218. The van der Waals surface area contributed by atoms with Crippen LogP contribution in [0.25, 0.3) is 0 Å². The molecule has 2 unspecified atom stereocenters. The molecule has 1 aliphatic carbocycles. The van der Waals surface area contributed by atoms with Crippen LogP contribution in [0.3, 0.4) is 0 Å². The van der Waals surface area contributed by atoms with E-state index in [2.05, 4.69) is 5.32 Å². The third kappa shape index (κ3) is 4.87. The van der Waals surface area contributed by atoms with Crippen LogP contribution in [0.1, 0.15) is 27.4 Å². The number of alkyl halides is 2. The van der Waals surface area contributed by atoms with Crippen molar-refractivity contribution in [3.63, 3.8) is 0 Å². The van der Waals surface area contributed by atoms with Crippen LogP contribution < -0.4 is 5.32 Å². The summed E-state index contributed by atoms with van der Waals surface area (Å²) in [4.78, 5) is 25.8. The van der Waals surface area contributed by atoms with Gasteiger partial charge in [-0.05, 0) is 35.4 Å². The zero-order valence-corrected chi connectivity index (χ0v) is 20.5. The van der Waals surface area contributed by atoms with Crippen molar-refractivity contribution in [2.75, 3.05) is 5.32 Å². The van der Waals surface area contributed by atoms with E-state index < -0.39 is 27.9 Å².